The number of carbonyl (C=O) groups is 1. The number of nitrogens with one attached hydrogen (secondary N) is 1. The Kier molecular flexibility index (Phi) is 7.60. The molecule has 0 aromatic heterocycles. The SMILES string of the molecule is CCOc1cc(CNc2cc(C(=O)O)ccc2Cl)c(Br)cc1OCc1ccccc1. The molecule has 3 aromatic carbocycles. The van der Waals surface area contributed by atoms with Gasteiger partial charge in [0.1, 0.15) is 6.61 Å². The summed E-state index contributed by atoms with van der Waals surface area (Å²) in [6.45, 7) is 3.27. The van der Waals surface area contributed by atoms with Crippen LogP contribution in [0.25, 0.3) is 0 Å². The van der Waals surface area contributed by atoms with Gasteiger partial charge in [0.25, 0.3) is 0 Å². The van der Waals surface area contributed by atoms with Crippen LogP contribution in [0.15, 0.2) is 65.1 Å². The van der Waals surface area contributed by atoms with Crippen LogP contribution in [0.4, 0.5) is 5.69 Å². The molecule has 5 nitrogen and oxygen atoms in total. The van der Waals surface area contributed by atoms with E-state index in [-0.39, 0.29) is 5.56 Å². The summed E-state index contributed by atoms with van der Waals surface area (Å²) in [5.41, 5.74) is 2.70. The first kappa shape index (κ1) is 22.0. The summed E-state index contributed by atoms with van der Waals surface area (Å²) in [6, 6.07) is 18.2. The van der Waals surface area contributed by atoms with E-state index in [1.807, 2.05) is 49.4 Å². The van der Waals surface area contributed by atoms with Gasteiger partial charge in [-0.1, -0.05) is 57.9 Å². The summed E-state index contributed by atoms with van der Waals surface area (Å²) in [6.07, 6.45) is 0. The summed E-state index contributed by atoms with van der Waals surface area (Å²) in [7, 11) is 0. The summed E-state index contributed by atoms with van der Waals surface area (Å²) in [5.74, 6) is 0.274. The molecule has 0 saturated carbocycles. The molecule has 0 spiro atoms. The zero-order valence-corrected chi connectivity index (χ0v) is 18.7. The highest BCUT2D eigenvalue weighted by atomic mass is 79.9. The Morgan fingerprint density at radius 1 is 1.07 bits per heavy atom. The monoisotopic (exact) mass is 489 g/mol. The Morgan fingerprint density at radius 3 is 2.50 bits per heavy atom. The number of anilines is 1. The Hall–Kier alpha value is -2.70. The van der Waals surface area contributed by atoms with E-state index in [4.69, 9.17) is 21.1 Å². The van der Waals surface area contributed by atoms with Crippen LogP contribution in [0, 0.1) is 0 Å². The molecule has 0 fully saturated rings. The first-order valence-electron chi connectivity index (χ1n) is 9.36. The average molecular weight is 491 g/mol. The van der Waals surface area contributed by atoms with Gasteiger partial charge in [0.15, 0.2) is 11.5 Å². The number of carboxylic acid groups (broad SMARTS) is 1. The standard InChI is InChI=1S/C23H21BrClNO4/c1-2-29-21-11-17(13-26-20-10-16(23(27)28)8-9-19(20)25)18(24)12-22(21)30-14-15-6-4-3-5-7-15/h3-12,26H,2,13-14H2,1H3,(H,27,28). The maximum atomic E-state index is 11.2. The minimum absolute atomic E-state index is 0.167. The van der Waals surface area contributed by atoms with Crippen LogP contribution < -0.4 is 14.8 Å². The van der Waals surface area contributed by atoms with Gasteiger partial charge in [-0.3, -0.25) is 0 Å². The molecule has 0 unspecified atom stereocenters. The second kappa shape index (κ2) is 10.4. The van der Waals surface area contributed by atoms with E-state index >= 15 is 0 Å². The van der Waals surface area contributed by atoms with Gasteiger partial charge in [0.05, 0.1) is 22.9 Å². The van der Waals surface area contributed by atoms with Crippen molar-refractivity contribution in [2.45, 2.75) is 20.1 Å². The summed E-state index contributed by atoms with van der Waals surface area (Å²) in [4.78, 5) is 11.2. The molecule has 156 valence electrons. The molecule has 0 atom stereocenters. The van der Waals surface area contributed by atoms with Crippen molar-refractivity contribution in [3.63, 3.8) is 0 Å². The molecule has 30 heavy (non-hydrogen) atoms. The minimum atomic E-state index is -1.01. The molecule has 2 N–H and O–H groups in total. The van der Waals surface area contributed by atoms with E-state index in [9.17, 15) is 9.90 Å². The fourth-order valence-corrected chi connectivity index (χ4v) is 3.46. The van der Waals surface area contributed by atoms with Crippen LogP contribution in [0.1, 0.15) is 28.4 Å². The molecule has 0 aliphatic rings. The van der Waals surface area contributed by atoms with Crippen molar-refractivity contribution in [3.05, 3.63) is 86.8 Å². The number of hydrogen-bond donors (Lipinski definition) is 2. The highest BCUT2D eigenvalue weighted by Gasteiger charge is 2.13. The fourth-order valence-electron chi connectivity index (χ4n) is 2.81. The molecule has 3 aromatic rings. The van der Waals surface area contributed by atoms with Crippen molar-refractivity contribution in [2.24, 2.45) is 0 Å². The van der Waals surface area contributed by atoms with Gasteiger partial charge in [-0.15, -0.1) is 0 Å². The predicted octanol–water partition coefficient (Wildman–Crippen LogP) is 6.39. The highest BCUT2D eigenvalue weighted by molar-refractivity contribution is 9.10. The van der Waals surface area contributed by atoms with E-state index in [0.717, 1.165) is 15.6 Å². The van der Waals surface area contributed by atoms with Gasteiger partial charge >= 0.3 is 5.97 Å². The van der Waals surface area contributed by atoms with Crippen molar-refractivity contribution in [1.82, 2.24) is 0 Å². The highest BCUT2D eigenvalue weighted by Crippen LogP contribution is 2.35. The van der Waals surface area contributed by atoms with E-state index in [1.165, 1.54) is 12.1 Å². The molecule has 7 heteroatoms. The maximum Gasteiger partial charge on any atom is 0.335 e. The lowest BCUT2D eigenvalue weighted by Crippen LogP contribution is -2.05. The van der Waals surface area contributed by atoms with Crippen LogP contribution >= 0.6 is 27.5 Å². The first-order valence-corrected chi connectivity index (χ1v) is 10.5. The molecular formula is C23H21BrClNO4. The van der Waals surface area contributed by atoms with E-state index in [0.29, 0.717) is 42.0 Å². The molecule has 0 aliphatic carbocycles. The number of rotatable bonds is 9. The molecule has 0 bridgehead atoms. The van der Waals surface area contributed by atoms with Crippen LogP contribution in [-0.2, 0) is 13.2 Å². The second-order valence-electron chi connectivity index (χ2n) is 6.45. The molecule has 0 amide bonds. The number of halogens is 2. The largest absolute Gasteiger partial charge is 0.490 e. The lowest BCUT2D eigenvalue weighted by atomic mass is 10.1. The van der Waals surface area contributed by atoms with Gasteiger partial charge in [0, 0.05) is 11.0 Å². The van der Waals surface area contributed by atoms with Gasteiger partial charge in [0.2, 0.25) is 0 Å². The van der Waals surface area contributed by atoms with E-state index in [1.54, 1.807) is 6.07 Å². The molecule has 3 rings (SSSR count). The van der Waals surface area contributed by atoms with E-state index < -0.39 is 5.97 Å². The zero-order valence-electron chi connectivity index (χ0n) is 16.3. The smallest absolute Gasteiger partial charge is 0.335 e. The molecular weight excluding hydrogens is 470 g/mol. The number of hydrogen-bond acceptors (Lipinski definition) is 4. The van der Waals surface area contributed by atoms with Gasteiger partial charge in [-0.2, -0.15) is 0 Å². The van der Waals surface area contributed by atoms with Crippen molar-refractivity contribution in [3.8, 4) is 11.5 Å². The van der Waals surface area contributed by atoms with Gasteiger partial charge in [-0.25, -0.2) is 4.79 Å². The van der Waals surface area contributed by atoms with Gasteiger partial charge < -0.3 is 19.9 Å². The fraction of sp³-hybridized carbons (Fsp3) is 0.174. The molecule has 0 radical (unpaired) electrons. The Balaban J connectivity index is 1.78. The van der Waals surface area contributed by atoms with E-state index in [2.05, 4.69) is 21.2 Å². The number of carboxylic acids is 1. The Bertz CT molecular complexity index is 1030. The first-order chi connectivity index (χ1) is 14.5. The lowest BCUT2D eigenvalue weighted by molar-refractivity contribution is 0.0697. The Labute approximate surface area is 188 Å². The molecule has 0 aliphatic heterocycles. The minimum Gasteiger partial charge on any atom is -0.490 e. The number of aromatic carboxylic acids is 1. The third-order valence-corrected chi connectivity index (χ3v) is 5.40. The van der Waals surface area contributed by atoms with Crippen molar-refractivity contribution in [2.75, 3.05) is 11.9 Å². The topological polar surface area (TPSA) is 67.8 Å². The lowest BCUT2D eigenvalue weighted by Gasteiger charge is -2.16. The number of ether oxygens (including phenoxy) is 2. The normalized spacial score (nSPS) is 10.5. The molecule has 0 saturated heterocycles. The number of benzene rings is 3. The summed E-state index contributed by atoms with van der Waals surface area (Å²) < 4.78 is 12.6. The summed E-state index contributed by atoms with van der Waals surface area (Å²) >= 11 is 9.79. The van der Waals surface area contributed by atoms with Crippen molar-refractivity contribution in [1.29, 1.82) is 0 Å². The Morgan fingerprint density at radius 2 is 1.80 bits per heavy atom. The third-order valence-electron chi connectivity index (χ3n) is 4.33. The zero-order chi connectivity index (χ0) is 21.5. The van der Waals surface area contributed by atoms with Crippen LogP contribution in [0.5, 0.6) is 11.5 Å². The second-order valence-corrected chi connectivity index (χ2v) is 7.71. The van der Waals surface area contributed by atoms with Crippen LogP contribution in [0.2, 0.25) is 5.02 Å². The van der Waals surface area contributed by atoms with Crippen molar-refractivity contribution < 1.29 is 19.4 Å². The predicted molar refractivity (Wildman–Crippen MR) is 122 cm³/mol. The average Bonchev–Trinajstić information content (AvgIpc) is 2.74. The summed E-state index contributed by atoms with van der Waals surface area (Å²) in [5, 5.41) is 12.8. The van der Waals surface area contributed by atoms with Crippen LogP contribution in [0.3, 0.4) is 0 Å². The van der Waals surface area contributed by atoms with Crippen LogP contribution in [-0.4, -0.2) is 17.7 Å². The quantitative estimate of drug-likeness (QED) is 0.364. The van der Waals surface area contributed by atoms with Gasteiger partial charge in [-0.05, 0) is 48.4 Å². The van der Waals surface area contributed by atoms with Crippen molar-refractivity contribution >= 4 is 39.2 Å². The third kappa shape index (κ3) is 5.68. The maximum absolute atomic E-state index is 11.2. The molecule has 0 heterocycles.